The first-order valence-electron chi connectivity index (χ1n) is 13.6. The number of benzene rings is 2. The number of para-hydroxylation sites is 1. The summed E-state index contributed by atoms with van der Waals surface area (Å²) < 4.78 is 25.2. The Morgan fingerprint density at radius 3 is 2.52 bits per heavy atom. The Hall–Kier alpha value is -3.85. The molecule has 0 radical (unpaired) electrons. The van der Waals surface area contributed by atoms with E-state index in [9.17, 15) is 9.59 Å². The summed E-state index contributed by atoms with van der Waals surface area (Å²) in [6.07, 6.45) is 2.60. The van der Waals surface area contributed by atoms with Crippen molar-refractivity contribution in [3.63, 3.8) is 0 Å². The van der Waals surface area contributed by atoms with Crippen LogP contribution in [0.2, 0.25) is 0 Å². The third-order valence-electron chi connectivity index (χ3n) is 6.12. The molecule has 0 fully saturated rings. The standard InChI is InChI=1S/C31H36N2O6S/c1-7-16-38-24-15-14-21(17-25(24)36-8-2)18-26-29(34)33-28(22-12-10-11-13-23(22)39-19(4)5)27(30(35)37-9-3)20(6)32-31(33)40-26/h10-15,17-19,28H,7-9,16H2,1-6H3/b26-18+/t28-/m1/s1. The summed E-state index contributed by atoms with van der Waals surface area (Å²) in [5.74, 6) is 1.37. The molecule has 1 aliphatic rings. The molecule has 40 heavy (non-hydrogen) atoms. The predicted molar refractivity (Wildman–Crippen MR) is 156 cm³/mol. The van der Waals surface area contributed by atoms with Gasteiger partial charge in [0.1, 0.15) is 11.8 Å². The van der Waals surface area contributed by atoms with Crippen LogP contribution in [0.4, 0.5) is 0 Å². The minimum Gasteiger partial charge on any atom is -0.491 e. The molecule has 0 saturated heterocycles. The van der Waals surface area contributed by atoms with Crippen LogP contribution in [0.3, 0.4) is 0 Å². The van der Waals surface area contributed by atoms with Crippen molar-refractivity contribution in [1.29, 1.82) is 0 Å². The largest absolute Gasteiger partial charge is 0.491 e. The van der Waals surface area contributed by atoms with Crippen molar-refractivity contribution in [2.24, 2.45) is 4.99 Å². The Morgan fingerprint density at radius 2 is 1.82 bits per heavy atom. The van der Waals surface area contributed by atoms with Gasteiger partial charge in [0, 0.05) is 5.56 Å². The predicted octanol–water partition coefficient (Wildman–Crippen LogP) is 4.77. The number of carbonyl (C=O) groups excluding carboxylic acids is 1. The summed E-state index contributed by atoms with van der Waals surface area (Å²) in [7, 11) is 0. The van der Waals surface area contributed by atoms with Gasteiger partial charge < -0.3 is 18.9 Å². The van der Waals surface area contributed by atoms with Gasteiger partial charge in [0.2, 0.25) is 0 Å². The number of thiazole rings is 1. The van der Waals surface area contributed by atoms with E-state index in [0.717, 1.165) is 12.0 Å². The van der Waals surface area contributed by atoms with E-state index in [2.05, 4.69) is 4.99 Å². The Labute approximate surface area is 238 Å². The fourth-order valence-electron chi connectivity index (χ4n) is 4.52. The highest BCUT2D eigenvalue weighted by Gasteiger charge is 2.35. The van der Waals surface area contributed by atoms with E-state index in [1.807, 2.05) is 76.2 Å². The van der Waals surface area contributed by atoms with Gasteiger partial charge in [-0.1, -0.05) is 42.5 Å². The Kier molecular flexibility index (Phi) is 9.47. The van der Waals surface area contributed by atoms with Crippen molar-refractivity contribution in [3.8, 4) is 17.2 Å². The number of fused-ring (bicyclic) bond motifs is 1. The van der Waals surface area contributed by atoms with Gasteiger partial charge in [-0.3, -0.25) is 9.36 Å². The van der Waals surface area contributed by atoms with Crippen LogP contribution in [0, 0.1) is 0 Å². The fraction of sp³-hybridized carbons (Fsp3) is 0.387. The number of hydrogen-bond acceptors (Lipinski definition) is 8. The summed E-state index contributed by atoms with van der Waals surface area (Å²) >= 11 is 1.27. The summed E-state index contributed by atoms with van der Waals surface area (Å²) in [5, 5.41) is 0. The minimum atomic E-state index is -0.754. The Bertz CT molecular complexity index is 1580. The number of allylic oxidation sites excluding steroid dienone is 1. The normalized spacial score (nSPS) is 15.1. The van der Waals surface area contributed by atoms with Crippen LogP contribution < -0.4 is 29.1 Å². The molecule has 1 aliphatic heterocycles. The highest BCUT2D eigenvalue weighted by Crippen LogP contribution is 2.36. The molecule has 3 aromatic rings. The molecule has 0 N–H and O–H groups in total. The first-order chi connectivity index (χ1) is 19.3. The maximum absolute atomic E-state index is 14.0. The van der Waals surface area contributed by atoms with Crippen LogP contribution in [-0.2, 0) is 9.53 Å². The maximum atomic E-state index is 14.0. The van der Waals surface area contributed by atoms with Gasteiger partial charge in [-0.15, -0.1) is 0 Å². The van der Waals surface area contributed by atoms with Crippen LogP contribution in [-0.4, -0.2) is 36.5 Å². The van der Waals surface area contributed by atoms with Crippen molar-refractivity contribution in [2.75, 3.05) is 19.8 Å². The van der Waals surface area contributed by atoms with E-state index in [1.165, 1.54) is 11.3 Å². The van der Waals surface area contributed by atoms with Crippen molar-refractivity contribution >= 4 is 23.4 Å². The van der Waals surface area contributed by atoms with Crippen LogP contribution in [0.25, 0.3) is 6.08 Å². The summed E-state index contributed by atoms with van der Waals surface area (Å²) in [5.41, 5.74) is 2.05. The number of nitrogens with zero attached hydrogens (tertiary/aromatic N) is 2. The average molecular weight is 565 g/mol. The molecule has 0 unspecified atom stereocenters. The second kappa shape index (κ2) is 13.0. The van der Waals surface area contributed by atoms with E-state index >= 15 is 0 Å². The van der Waals surface area contributed by atoms with Crippen LogP contribution >= 0.6 is 11.3 Å². The van der Waals surface area contributed by atoms with E-state index < -0.39 is 12.0 Å². The van der Waals surface area contributed by atoms with Crippen molar-refractivity contribution < 1.29 is 23.7 Å². The monoisotopic (exact) mass is 564 g/mol. The molecule has 9 heteroatoms. The third-order valence-corrected chi connectivity index (χ3v) is 7.10. The number of ether oxygens (including phenoxy) is 4. The molecule has 1 aromatic heterocycles. The van der Waals surface area contributed by atoms with Crippen LogP contribution in [0.1, 0.15) is 65.1 Å². The maximum Gasteiger partial charge on any atom is 0.338 e. The Morgan fingerprint density at radius 1 is 1.05 bits per heavy atom. The molecule has 4 rings (SSSR count). The number of esters is 1. The molecular formula is C31H36N2O6S. The van der Waals surface area contributed by atoms with Gasteiger partial charge >= 0.3 is 5.97 Å². The highest BCUT2D eigenvalue weighted by molar-refractivity contribution is 7.07. The van der Waals surface area contributed by atoms with Gasteiger partial charge in [-0.05, 0) is 70.9 Å². The average Bonchev–Trinajstić information content (AvgIpc) is 3.22. The van der Waals surface area contributed by atoms with E-state index in [-0.39, 0.29) is 18.3 Å². The van der Waals surface area contributed by atoms with Gasteiger partial charge in [0.15, 0.2) is 16.3 Å². The molecule has 0 aliphatic carbocycles. The zero-order valence-electron chi connectivity index (χ0n) is 23.9. The molecule has 0 amide bonds. The first kappa shape index (κ1) is 29.1. The zero-order chi connectivity index (χ0) is 28.8. The van der Waals surface area contributed by atoms with Gasteiger partial charge in [0.25, 0.3) is 5.56 Å². The molecule has 0 spiro atoms. The topological polar surface area (TPSA) is 88.4 Å². The molecule has 212 valence electrons. The Balaban J connectivity index is 1.90. The fourth-order valence-corrected chi connectivity index (χ4v) is 5.57. The SMILES string of the molecule is CCCOc1ccc(/C=c2/sc3n(c2=O)[C@H](c2ccccc2OC(C)C)C(C(=O)OCC)=C(C)N=3)cc1OCC. The highest BCUT2D eigenvalue weighted by atomic mass is 32.1. The van der Waals surface area contributed by atoms with E-state index in [4.69, 9.17) is 18.9 Å². The number of hydrogen-bond donors (Lipinski definition) is 0. The number of rotatable bonds is 11. The van der Waals surface area contributed by atoms with Gasteiger partial charge in [0.05, 0.1) is 41.7 Å². The lowest BCUT2D eigenvalue weighted by Gasteiger charge is -2.26. The summed E-state index contributed by atoms with van der Waals surface area (Å²) in [6, 6.07) is 12.3. The van der Waals surface area contributed by atoms with Crippen LogP contribution in [0.5, 0.6) is 17.2 Å². The lowest BCUT2D eigenvalue weighted by atomic mass is 9.95. The van der Waals surface area contributed by atoms with Gasteiger partial charge in [-0.25, -0.2) is 9.79 Å². The van der Waals surface area contributed by atoms with Crippen LogP contribution in [0.15, 0.2) is 63.5 Å². The molecular weight excluding hydrogens is 528 g/mol. The lowest BCUT2D eigenvalue weighted by Crippen LogP contribution is -2.40. The van der Waals surface area contributed by atoms with Gasteiger partial charge in [-0.2, -0.15) is 0 Å². The minimum absolute atomic E-state index is 0.100. The second-order valence-corrected chi connectivity index (χ2v) is 10.5. The zero-order valence-corrected chi connectivity index (χ0v) is 24.7. The quantitative estimate of drug-likeness (QED) is 0.312. The van der Waals surface area contributed by atoms with Crippen molar-refractivity contribution in [2.45, 2.75) is 60.1 Å². The molecule has 2 heterocycles. The summed E-state index contributed by atoms with van der Waals surface area (Å²) in [4.78, 5) is 32.4. The molecule has 1 atom stereocenters. The smallest absolute Gasteiger partial charge is 0.338 e. The lowest BCUT2D eigenvalue weighted by molar-refractivity contribution is -0.139. The molecule has 0 saturated carbocycles. The van der Waals surface area contributed by atoms with Crippen molar-refractivity contribution in [1.82, 2.24) is 4.57 Å². The number of aromatic nitrogens is 1. The molecule has 2 aromatic carbocycles. The third kappa shape index (κ3) is 6.14. The first-order valence-corrected chi connectivity index (χ1v) is 14.4. The summed E-state index contributed by atoms with van der Waals surface area (Å²) in [6.45, 7) is 12.6. The molecule has 0 bridgehead atoms. The van der Waals surface area contributed by atoms with E-state index in [1.54, 1.807) is 18.4 Å². The molecule has 8 nitrogen and oxygen atoms in total. The van der Waals surface area contributed by atoms with E-state index in [0.29, 0.717) is 56.6 Å². The van der Waals surface area contributed by atoms with Crippen molar-refractivity contribution in [3.05, 3.63) is 84.5 Å². The second-order valence-electron chi connectivity index (χ2n) is 9.49. The number of carbonyl (C=O) groups is 1.